The highest BCUT2D eigenvalue weighted by molar-refractivity contribution is 7.47. The molecule has 0 radical (unpaired) electrons. The Morgan fingerprint density at radius 3 is 0.791 bits per heavy atom. The summed E-state index contributed by atoms with van der Waals surface area (Å²) in [7, 11) is -9.88. The van der Waals surface area contributed by atoms with Gasteiger partial charge in [0.25, 0.3) is 0 Å². The van der Waals surface area contributed by atoms with E-state index in [9.17, 15) is 43.2 Å². The highest BCUT2D eigenvalue weighted by atomic mass is 31.2. The van der Waals surface area contributed by atoms with Gasteiger partial charge in [0.05, 0.1) is 26.4 Å². The zero-order valence-electron chi connectivity index (χ0n) is 55.6. The summed E-state index contributed by atoms with van der Waals surface area (Å²) in [5.41, 5.74) is 0. The molecule has 0 rings (SSSR count). The quantitative estimate of drug-likeness (QED) is 0.0222. The predicted octanol–water partition coefficient (Wildman–Crippen LogP) is 18.8. The standard InChI is InChI=1S/C67H130O17P2/c1-7-9-11-13-14-15-16-22-27-33-39-45-51-66(71)83-62(55-77-64(69)49-43-35-12-10-8-2)57-81-85(73,74)79-53-61(68)54-80-86(75,76)82-58-63(56-78-65(70)50-44-38-32-29-24-26-31-37-42-48-60(5)6)84-67(72)52-46-40-34-28-23-20-18-17-19-21-25-30-36-41-47-59(3)4/h59-63,68H,7-58H2,1-6H3,(H,73,74)(H,75,76)/t61-,62+,63+/m0/s1. The number of phosphoric ester groups is 2. The monoisotopic (exact) mass is 1270 g/mol. The molecule has 0 saturated carbocycles. The Bertz CT molecular complexity index is 1680. The molecule has 0 spiro atoms. The van der Waals surface area contributed by atoms with Crippen molar-refractivity contribution in [2.24, 2.45) is 11.8 Å². The maximum absolute atomic E-state index is 13.0. The summed E-state index contributed by atoms with van der Waals surface area (Å²) in [6, 6.07) is 0. The van der Waals surface area contributed by atoms with E-state index in [1.807, 2.05) is 0 Å². The van der Waals surface area contributed by atoms with Gasteiger partial charge in [0.15, 0.2) is 12.2 Å². The molecule has 0 amide bonds. The number of unbranched alkanes of at least 4 members (excludes halogenated alkanes) is 36. The van der Waals surface area contributed by atoms with Crippen LogP contribution in [0, 0.1) is 11.8 Å². The van der Waals surface area contributed by atoms with E-state index < -0.39 is 97.5 Å². The topological polar surface area (TPSA) is 237 Å². The van der Waals surface area contributed by atoms with Crippen LogP contribution in [0.5, 0.6) is 0 Å². The molecule has 0 heterocycles. The van der Waals surface area contributed by atoms with Crippen molar-refractivity contribution < 1.29 is 80.2 Å². The van der Waals surface area contributed by atoms with Gasteiger partial charge in [0.1, 0.15) is 19.3 Å². The van der Waals surface area contributed by atoms with E-state index in [1.54, 1.807) is 0 Å². The largest absolute Gasteiger partial charge is 0.472 e. The summed E-state index contributed by atoms with van der Waals surface area (Å²) in [5.74, 6) is -0.600. The minimum atomic E-state index is -4.95. The summed E-state index contributed by atoms with van der Waals surface area (Å²) in [5, 5.41) is 10.5. The van der Waals surface area contributed by atoms with Crippen molar-refractivity contribution >= 4 is 39.5 Å². The molecule has 0 aliphatic heterocycles. The van der Waals surface area contributed by atoms with E-state index >= 15 is 0 Å². The van der Waals surface area contributed by atoms with Crippen LogP contribution in [0.25, 0.3) is 0 Å². The zero-order valence-corrected chi connectivity index (χ0v) is 57.4. The van der Waals surface area contributed by atoms with Crippen molar-refractivity contribution in [3.05, 3.63) is 0 Å². The molecule has 0 bridgehead atoms. The summed E-state index contributed by atoms with van der Waals surface area (Å²) in [6.07, 6.45) is 43.4. The molecule has 0 aliphatic carbocycles. The van der Waals surface area contributed by atoms with Gasteiger partial charge >= 0.3 is 39.5 Å². The second-order valence-corrected chi connectivity index (χ2v) is 28.1. The molecule has 0 aromatic carbocycles. The molecule has 17 nitrogen and oxygen atoms in total. The predicted molar refractivity (Wildman–Crippen MR) is 345 cm³/mol. The minimum absolute atomic E-state index is 0.106. The van der Waals surface area contributed by atoms with Crippen LogP contribution in [-0.2, 0) is 65.4 Å². The summed E-state index contributed by atoms with van der Waals surface area (Å²) < 4.78 is 68.0. The van der Waals surface area contributed by atoms with Gasteiger partial charge in [-0.2, -0.15) is 0 Å². The number of aliphatic hydroxyl groups is 1. The Labute approximate surface area is 524 Å². The van der Waals surface area contributed by atoms with Crippen LogP contribution >= 0.6 is 15.6 Å². The first-order chi connectivity index (χ1) is 41.4. The molecule has 0 fully saturated rings. The number of ether oxygens (including phenoxy) is 4. The Kier molecular flexibility index (Phi) is 58.0. The van der Waals surface area contributed by atoms with Gasteiger partial charge < -0.3 is 33.8 Å². The number of carbonyl (C=O) groups is 4. The third-order valence-electron chi connectivity index (χ3n) is 15.5. The third-order valence-corrected chi connectivity index (χ3v) is 17.4. The number of esters is 4. The molecule has 2 unspecified atom stereocenters. The zero-order chi connectivity index (χ0) is 63.6. The van der Waals surface area contributed by atoms with E-state index in [-0.39, 0.29) is 25.7 Å². The van der Waals surface area contributed by atoms with Crippen LogP contribution in [0.3, 0.4) is 0 Å². The van der Waals surface area contributed by atoms with Gasteiger partial charge in [0.2, 0.25) is 0 Å². The van der Waals surface area contributed by atoms with Crippen LogP contribution in [0.1, 0.15) is 337 Å². The molecule has 0 aromatic rings. The van der Waals surface area contributed by atoms with E-state index in [0.717, 1.165) is 108 Å². The lowest BCUT2D eigenvalue weighted by molar-refractivity contribution is -0.161. The van der Waals surface area contributed by atoms with Gasteiger partial charge in [-0.1, -0.05) is 286 Å². The van der Waals surface area contributed by atoms with Gasteiger partial charge in [-0.15, -0.1) is 0 Å². The number of aliphatic hydroxyl groups excluding tert-OH is 1. The second-order valence-electron chi connectivity index (χ2n) is 25.2. The summed E-state index contributed by atoms with van der Waals surface area (Å²) in [4.78, 5) is 72.1. The Morgan fingerprint density at radius 2 is 0.535 bits per heavy atom. The van der Waals surface area contributed by atoms with E-state index in [4.69, 9.17) is 37.0 Å². The molecule has 0 aromatic heterocycles. The van der Waals surface area contributed by atoms with Crippen molar-refractivity contribution in [3.8, 4) is 0 Å². The van der Waals surface area contributed by atoms with Crippen molar-refractivity contribution in [1.82, 2.24) is 0 Å². The first-order valence-electron chi connectivity index (χ1n) is 35.0. The number of hydrogen-bond donors (Lipinski definition) is 3. The van der Waals surface area contributed by atoms with Crippen LogP contribution in [0.15, 0.2) is 0 Å². The number of rotatable bonds is 66. The summed E-state index contributed by atoms with van der Waals surface area (Å²) in [6.45, 7) is 9.44. The lowest BCUT2D eigenvalue weighted by Crippen LogP contribution is -2.30. The van der Waals surface area contributed by atoms with Crippen LogP contribution in [0.4, 0.5) is 0 Å². The fourth-order valence-corrected chi connectivity index (χ4v) is 11.6. The van der Waals surface area contributed by atoms with Gasteiger partial charge in [-0.25, -0.2) is 9.13 Å². The average molecular weight is 1270 g/mol. The Hall–Kier alpha value is -1.94. The molecule has 19 heteroatoms. The highest BCUT2D eigenvalue weighted by Crippen LogP contribution is 2.45. The maximum atomic E-state index is 13.0. The second kappa shape index (κ2) is 59.4. The highest BCUT2D eigenvalue weighted by Gasteiger charge is 2.30. The molecule has 3 N–H and O–H groups in total. The maximum Gasteiger partial charge on any atom is 0.472 e. The molecule has 0 aliphatic rings. The number of phosphoric acid groups is 2. The smallest absolute Gasteiger partial charge is 0.462 e. The van der Waals surface area contributed by atoms with Crippen molar-refractivity contribution in [1.29, 1.82) is 0 Å². The van der Waals surface area contributed by atoms with Crippen molar-refractivity contribution in [3.63, 3.8) is 0 Å². The van der Waals surface area contributed by atoms with Crippen molar-refractivity contribution in [2.75, 3.05) is 39.6 Å². The number of hydrogen-bond acceptors (Lipinski definition) is 15. The molecule has 0 saturated heterocycles. The van der Waals surface area contributed by atoms with Gasteiger partial charge in [-0.3, -0.25) is 37.3 Å². The first-order valence-corrected chi connectivity index (χ1v) is 38.0. The minimum Gasteiger partial charge on any atom is -0.462 e. The Balaban J connectivity index is 5.16. The van der Waals surface area contributed by atoms with E-state index in [1.165, 1.54) is 148 Å². The fraction of sp³-hybridized carbons (Fsp3) is 0.940. The first kappa shape index (κ1) is 84.1. The van der Waals surface area contributed by atoms with Gasteiger partial charge in [0, 0.05) is 25.7 Å². The van der Waals surface area contributed by atoms with Crippen LogP contribution in [-0.4, -0.2) is 96.7 Å². The van der Waals surface area contributed by atoms with E-state index in [0.29, 0.717) is 25.7 Å². The average Bonchev–Trinajstić information content (AvgIpc) is 3.65. The molecule has 510 valence electrons. The molecule has 5 atom stereocenters. The number of carbonyl (C=O) groups excluding carboxylic acids is 4. The SMILES string of the molecule is CCCCCCCCCCCCCCC(=O)O[C@H](COC(=O)CCCCCCC)COP(=O)(O)OC[C@H](O)COP(=O)(O)OC[C@@H](COC(=O)CCCCCCCCCCCC(C)C)OC(=O)CCCCCCCCCCCCCCCCC(C)C. The lowest BCUT2D eigenvalue weighted by atomic mass is 10.0. The third kappa shape index (κ3) is 60.9. The fourth-order valence-electron chi connectivity index (χ4n) is 10.1. The molecular weight excluding hydrogens is 1140 g/mol. The lowest BCUT2D eigenvalue weighted by Gasteiger charge is -2.21. The van der Waals surface area contributed by atoms with Crippen LogP contribution in [0.2, 0.25) is 0 Å². The Morgan fingerprint density at radius 1 is 0.314 bits per heavy atom. The molecule has 86 heavy (non-hydrogen) atoms. The van der Waals surface area contributed by atoms with E-state index in [2.05, 4.69) is 41.5 Å². The van der Waals surface area contributed by atoms with Crippen molar-refractivity contribution in [2.45, 2.75) is 355 Å². The van der Waals surface area contributed by atoms with Gasteiger partial charge in [-0.05, 0) is 37.5 Å². The molecular formula is C67H130O17P2. The normalized spacial score (nSPS) is 14.2. The summed E-state index contributed by atoms with van der Waals surface area (Å²) >= 11 is 0. The van der Waals surface area contributed by atoms with Crippen LogP contribution < -0.4 is 0 Å².